The molecule has 0 saturated heterocycles. The molecule has 0 N–H and O–H groups in total. The van der Waals surface area contributed by atoms with Crippen LogP contribution >= 0.6 is 0 Å². The van der Waals surface area contributed by atoms with Gasteiger partial charge in [-0.2, -0.15) is 0 Å². The first-order valence-electron chi connectivity index (χ1n) is 5.43. The fraction of sp³-hybridized carbons (Fsp3) is 0.538. The highest BCUT2D eigenvalue weighted by molar-refractivity contribution is 5.35. The molecule has 0 aliphatic rings. The lowest BCUT2D eigenvalue weighted by Crippen LogP contribution is -2.14. The lowest BCUT2D eigenvalue weighted by atomic mass is 9.97. The van der Waals surface area contributed by atoms with Crippen molar-refractivity contribution >= 4 is 0 Å². The maximum atomic E-state index is 2.25. The van der Waals surface area contributed by atoms with E-state index < -0.39 is 0 Å². The molecule has 1 aromatic rings. The molecule has 1 aromatic carbocycles. The Morgan fingerprint density at radius 2 is 1.50 bits per heavy atom. The Bertz CT molecular complexity index is 267. The van der Waals surface area contributed by atoms with Crippen LogP contribution in [0.2, 0.25) is 0 Å². The van der Waals surface area contributed by atoms with Gasteiger partial charge in [-0.15, -0.1) is 0 Å². The predicted molar refractivity (Wildman–Crippen MR) is 62.6 cm³/mol. The molecular weight excluding hydrogens is 170 g/mol. The molecule has 0 heterocycles. The minimum Gasteiger partial charge on any atom is -0.305 e. The molecule has 0 aliphatic carbocycles. The van der Waals surface area contributed by atoms with Crippen molar-refractivity contribution in [1.82, 2.24) is 4.90 Å². The second-order valence-corrected chi connectivity index (χ2v) is 4.00. The van der Waals surface area contributed by atoms with Gasteiger partial charge in [0.05, 0.1) is 0 Å². The fourth-order valence-corrected chi connectivity index (χ4v) is 1.87. The van der Waals surface area contributed by atoms with E-state index >= 15 is 0 Å². The summed E-state index contributed by atoms with van der Waals surface area (Å²) in [4.78, 5) is 2.24. The van der Waals surface area contributed by atoms with Crippen molar-refractivity contribution in [3.63, 3.8) is 0 Å². The van der Waals surface area contributed by atoms with Gasteiger partial charge in [-0.05, 0) is 43.6 Å². The first-order chi connectivity index (χ1) is 6.69. The summed E-state index contributed by atoms with van der Waals surface area (Å²) in [5.74, 6) is 0. The average molecular weight is 191 g/mol. The number of benzene rings is 1. The summed E-state index contributed by atoms with van der Waals surface area (Å²) < 4.78 is 0. The van der Waals surface area contributed by atoms with Gasteiger partial charge < -0.3 is 4.90 Å². The number of hydrogen-bond acceptors (Lipinski definition) is 1. The molecule has 0 radical (unpaired) electrons. The minimum atomic E-state index is 1.06. The molecular formula is C13H21N. The largest absolute Gasteiger partial charge is 0.305 e. The SMILES string of the molecule is CCc1cccc(CC)c1CN(C)C. The van der Waals surface area contributed by atoms with Crippen LogP contribution in [-0.4, -0.2) is 19.0 Å². The van der Waals surface area contributed by atoms with Gasteiger partial charge in [0.2, 0.25) is 0 Å². The predicted octanol–water partition coefficient (Wildman–Crippen LogP) is 2.87. The van der Waals surface area contributed by atoms with Crippen molar-refractivity contribution in [2.75, 3.05) is 14.1 Å². The van der Waals surface area contributed by atoms with Crippen LogP contribution in [0.15, 0.2) is 18.2 Å². The Hall–Kier alpha value is -0.820. The molecule has 1 nitrogen and oxygen atoms in total. The van der Waals surface area contributed by atoms with E-state index in [9.17, 15) is 0 Å². The summed E-state index contributed by atoms with van der Waals surface area (Å²) in [7, 11) is 4.26. The van der Waals surface area contributed by atoms with Crippen LogP contribution in [0.25, 0.3) is 0 Å². The highest BCUT2D eigenvalue weighted by atomic mass is 15.0. The first-order valence-corrected chi connectivity index (χ1v) is 5.43. The molecule has 0 bridgehead atoms. The van der Waals surface area contributed by atoms with E-state index in [1.165, 1.54) is 16.7 Å². The fourth-order valence-electron chi connectivity index (χ4n) is 1.87. The Balaban J connectivity index is 3.05. The molecule has 14 heavy (non-hydrogen) atoms. The number of aryl methyl sites for hydroxylation is 2. The van der Waals surface area contributed by atoms with E-state index in [-0.39, 0.29) is 0 Å². The van der Waals surface area contributed by atoms with Crippen molar-refractivity contribution in [2.45, 2.75) is 33.2 Å². The Labute approximate surface area is 87.7 Å². The quantitative estimate of drug-likeness (QED) is 0.707. The normalized spacial score (nSPS) is 10.9. The average Bonchev–Trinajstić information content (AvgIpc) is 2.17. The first kappa shape index (κ1) is 11.3. The van der Waals surface area contributed by atoms with Gasteiger partial charge in [-0.3, -0.25) is 0 Å². The summed E-state index contributed by atoms with van der Waals surface area (Å²) >= 11 is 0. The van der Waals surface area contributed by atoms with Crippen molar-refractivity contribution in [3.05, 3.63) is 34.9 Å². The Morgan fingerprint density at radius 1 is 1.00 bits per heavy atom. The van der Waals surface area contributed by atoms with Crippen LogP contribution < -0.4 is 0 Å². The topological polar surface area (TPSA) is 3.24 Å². The lowest BCUT2D eigenvalue weighted by Gasteiger charge is -2.17. The second kappa shape index (κ2) is 5.16. The molecule has 0 saturated carbocycles. The molecule has 78 valence electrons. The Morgan fingerprint density at radius 3 is 1.86 bits per heavy atom. The minimum absolute atomic E-state index is 1.06. The molecule has 1 heteroatoms. The van der Waals surface area contributed by atoms with Crippen LogP contribution in [0.5, 0.6) is 0 Å². The van der Waals surface area contributed by atoms with Crippen molar-refractivity contribution in [3.8, 4) is 0 Å². The van der Waals surface area contributed by atoms with Crippen molar-refractivity contribution in [2.24, 2.45) is 0 Å². The standard InChI is InChI=1S/C13H21N/c1-5-11-8-7-9-12(6-2)13(11)10-14(3)4/h7-9H,5-6,10H2,1-4H3. The summed E-state index contributed by atoms with van der Waals surface area (Å²) in [6.45, 7) is 5.52. The maximum Gasteiger partial charge on any atom is 0.0233 e. The molecule has 0 fully saturated rings. The zero-order valence-corrected chi connectivity index (χ0v) is 9.80. The lowest BCUT2D eigenvalue weighted by molar-refractivity contribution is 0.399. The molecule has 0 aromatic heterocycles. The van der Waals surface area contributed by atoms with E-state index in [0.29, 0.717) is 0 Å². The highest BCUT2D eigenvalue weighted by Crippen LogP contribution is 2.17. The zero-order valence-electron chi connectivity index (χ0n) is 9.80. The van der Waals surface area contributed by atoms with Gasteiger partial charge in [0.25, 0.3) is 0 Å². The second-order valence-electron chi connectivity index (χ2n) is 4.00. The summed E-state index contributed by atoms with van der Waals surface area (Å²) in [5, 5.41) is 0. The molecule has 0 aliphatic heterocycles. The van der Waals surface area contributed by atoms with Gasteiger partial charge in [0, 0.05) is 6.54 Å². The molecule has 0 spiro atoms. The number of nitrogens with zero attached hydrogens (tertiary/aromatic N) is 1. The van der Waals surface area contributed by atoms with Crippen molar-refractivity contribution in [1.29, 1.82) is 0 Å². The van der Waals surface area contributed by atoms with E-state index in [1.54, 1.807) is 0 Å². The maximum absolute atomic E-state index is 2.25. The van der Waals surface area contributed by atoms with Gasteiger partial charge in [-0.1, -0.05) is 32.0 Å². The van der Waals surface area contributed by atoms with Crippen molar-refractivity contribution < 1.29 is 0 Å². The van der Waals surface area contributed by atoms with Crippen LogP contribution in [0.3, 0.4) is 0 Å². The third-order valence-electron chi connectivity index (χ3n) is 2.61. The number of hydrogen-bond donors (Lipinski definition) is 0. The monoisotopic (exact) mass is 191 g/mol. The zero-order chi connectivity index (χ0) is 10.6. The van der Waals surface area contributed by atoms with Crippen LogP contribution in [-0.2, 0) is 19.4 Å². The van der Waals surface area contributed by atoms with Gasteiger partial charge in [-0.25, -0.2) is 0 Å². The van der Waals surface area contributed by atoms with Crippen LogP contribution in [0.4, 0.5) is 0 Å². The van der Waals surface area contributed by atoms with E-state index in [0.717, 1.165) is 19.4 Å². The third-order valence-corrected chi connectivity index (χ3v) is 2.61. The Kier molecular flexibility index (Phi) is 4.15. The number of rotatable bonds is 4. The smallest absolute Gasteiger partial charge is 0.0233 e. The van der Waals surface area contributed by atoms with E-state index in [4.69, 9.17) is 0 Å². The molecule has 1 rings (SSSR count). The van der Waals surface area contributed by atoms with Gasteiger partial charge in [0.15, 0.2) is 0 Å². The summed E-state index contributed by atoms with van der Waals surface area (Å²) in [6, 6.07) is 6.67. The van der Waals surface area contributed by atoms with Gasteiger partial charge >= 0.3 is 0 Å². The van der Waals surface area contributed by atoms with E-state index in [2.05, 4.69) is 51.0 Å². The van der Waals surface area contributed by atoms with Gasteiger partial charge in [0.1, 0.15) is 0 Å². The molecule has 0 unspecified atom stereocenters. The van der Waals surface area contributed by atoms with E-state index in [1.807, 2.05) is 0 Å². The summed E-state index contributed by atoms with van der Waals surface area (Å²) in [5.41, 5.74) is 4.53. The third kappa shape index (κ3) is 2.58. The van der Waals surface area contributed by atoms with Crippen LogP contribution in [0.1, 0.15) is 30.5 Å². The highest BCUT2D eigenvalue weighted by Gasteiger charge is 2.06. The summed E-state index contributed by atoms with van der Waals surface area (Å²) in [6.07, 6.45) is 2.27. The molecule has 0 atom stereocenters. The van der Waals surface area contributed by atoms with Crippen LogP contribution in [0, 0.1) is 0 Å². The molecule has 0 amide bonds.